The van der Waals surface area contributed by atoms with Gasteiger partial charge in [0.05, 0.1) is 28.5 Å². The van der Waals surface area contributed by atoms with Crippen LogP contribution in [0.4, 0.5) is 24.7 Å². The molecule has 2 aromatic rings. The number of ether oxygens (including phenoxy) is 1. The number of hydrogen-bond acceptors (Lipinski definition) is 8. The Morgan fingerprint density at radius 1 is 1.12 bits per heavy atom. The van der Waals surface area contributed by atoms with Crippen LogP contribution in [0, 0.1) is 0 Å². The van der Waals surface area contributed by atoms with Crippen LogP contribution in [0.1, 0.15) is 29.7 Å². The number of aromatic nitrogens is 2. The number of benzene rings is 1. The van der Waals surface area contributed by atoms with Crippen molar-refractivity contribution in [3.05, 3.63) is 52.2 Å². The molecule has 1 aromatic heterocycles. The summed E-state index contributed by atoms with van der Waals surface area (Å²) < 4.78 is 48.1. The number of piperazine rings is 1. The molecule has 0 aliphatic carbocycles. The molecular formula is C30H39ClF3N7O2. The molecule has 0 saturated carbocycles. The third-order valence-corrected chi connectivity index (χ3v) is 8.65. The van der Waals surface area contributed by atoms with Crippen molar-refractivity contribution in [1.29, 1.82) is 0 Å². The first-order valence-electron chi connectivity index (χ1n) is 14.7. The Bertz CT molecular complexity index is 1330. The highest BCUT2D eigenvalue weighted by Crippen LogP contribution is 2.43. The number of hydrogen-bond donors (Lipinski definition) is 0. The average molecular weight is 622 g/mol. The molecule has 1 amide bonds. The lowest BCUT2D eigenvalue weighted by atomic mass is 10.0. The van der Waals surface area contributed by atoms with Crippen LogP contribution in [0.3, 0.4) is 0 Å². The fourth-order valence-corrected chi connectivity index (χ4v) is 6.22. The van der Waals surface area contributed by atoms with Crippen LogP contribution in [0.2, 0.25) is 5.02 Å². The molecule has 1 unspecified atom stereocenters. The highest BCUT2D eigenvalue weighted by Gasteiger charge is 2.38. The van der Waals surface area contributed by atoms with E-state index in [0.29, 0.717) is 58.0 Å². The number of likely N-dealkylation sites (tertiary alicyclic amines) is 1. The summed E-state index contributed by atoms with van der Waals surface area (Å²) in [5.74, 6) is 0.713. The van der Waals surface area contributed by atoms with Gasteiger partial charge in [-0.15, -0.1) is 0 Å². The Morgan fingerprint density at radius 2 is 1.88 bits per heavy atom. The van der Waals surface area contributed by atoms with Crippen molar-refractivity contribution in [2.75, 3.05) is 83.4 Å². The predicted octanol–water partition coefficient (Wildman–Crippen LogP) is 3.95. The van der Waals surface area contributed by atoms with Crippen molar-refractivity contribution in [1.82, 2.24) is 24.7 Å². The van der Waals surface area contributed by atoms with Crippen molar-refractivity contribution in [2.24, 2.45) is 0 Å². The third-order valence-electron chi connectivity index (χ3n) is 8.34. The lowest BCUT2D eigenvalue weighted by molar-refractivity contribution is -0.137. The summed E-state index contributed by atoms with van der Waals surface area (Å²) in [6.07, 6.45) is 1.47. The van der Waals surface area contributed by atoms with Crippen LogP contribution < -0.4 is 14.5 Å². The van der Waals surface area contributed by atoms with E-state index in [1.165, 1.54) is 18.2 Å². The van der Waals surface area contributed by atoms with E-state index in [2.05, 4.69) is 16.8 Å². The second kappa shape index (κ2) is 13.3. The summed E-state index contributed by atoms with van der Waals surface area (Å²) in [6.45, 7) is 4.90. The molecule has 0 N–H and O–H groups in total. The molecular weight excluding hydrogens is 583 g/mol. The number of rotatable bonds is 8. The number of halogens is 4. The molecule has 234 valence electrons. The van der Waals surface area contributed by atoms with Crippen molar-refractivity contribution < 1.29 is 22.7 Å². The summed E-state index contributed by atoms with van der Waals surface area (Å²) in [5, 5.41) is -0.326. The molecule has 1 atom stereocenters. The van der Waals surface area contributed by atoms with Gasteiger partial charge in [0.25, 0.3) is 0 Å². The first kappa shape index (κ1) is 31.3. The van der Waals surface area contributed by atoms with Gasteiger partial charge in [0.1, 0.15) is 12.4 Å². The first-order chi connectivity index (χ1) is 20.5. The average Bonchev–Trinajstić information content (AvgIpc) is 3.38. The van der Waals surface area contributed by atoms with Gasteiger partial charge in [-0.05, 0) is 59.1 Å². The molecule has 13 heteroatoms. The van der Waals surface area contributed by atoms with E-state index in [1.807, 2.05) is 30.0 Å². The maximum atomic E-state index is 14.0. The monoisotopic (exact) mass is 621 g/mol. The quantitative estimate of drug-likeness (QED) is 0.411. The van der Waals surface area contributed by atoms with Gasteiger partial charge in [-0.1, -0.05) is 23.7 Å². The molecule has 2 saturated heterocycles. The Morgan fingerprint density at radius 3 is 2.56 bits per heavy atom. The summed E-state index contributed by atoms with van der Waals surface area (Å²) in [4.78, 5) is 32.1. The number of fused-ring (bicyclic) bond motifs is 1. The van der Waals surface area contributed by atoms with Gasteiger partial charge in [-0.2, -0.15) is 23.1 Å². The summed E-state index contributed by atoms with van der Waals surface area (Å²) in [6, 6.07) is 4.74. The smallest absolute Gasteiger partial charge is 0.419 e. The zero-order valence-electron chi connectivity index (χ0n) is 24.9. The fourth-order valence-electron chi connectivity index (χ4n) is 5.95. The van der Waals surface area contributed by atoms with Crippen LogP contribution in [-0.2, 0) is 23.9 Å². The highest BCUT2D eigenvalue weighted by atomic mass is 35.5. The van der Waals surface area contributed by atoms with Crippen LogP contribution in [0.5, 0.6) is 6.01 Å². The maximum absolute atomic E-state index is 14.0. The largest absolute Gasteiger partial charge is 0.462 e. The lowest BCUT2D eigenvalue weighted by Crippen LogP contribution is -2.49. The van der Waals surface area contributed by atoms with Gasteiger partial charge in [-0.25, -0.2) is 0 Å². The minimum Gasteiger partial charge on any atom is -0.462 e. The minimum atomic E-state index is -4.59. The van der Waals surface area contributed by atoms with Gasteiger partial charge in [-0.3, -0.25) is 4.79 Å². The molecule has 43 heavy (non-hydrogen) atoms. The molecule has 2 fully saturated rings. The fraction of sp³-hybridized carbons (Fsp3) is 0.567. The van der Waals surface area contributed by atoms with Crippen LogP contribution in [0.15, 0.2) is 30.4 Å². The van der Waals surface area contributed by atoms with E-state index in [-0.39, 0.29) is 35.2 Å². The number of anilines is 2. The van der Waals surface area contributed by atoms with Crippen molar-refractivity contribution >= 4 is 29.0 Å². The Labute approximate surface area is 255 Å². The zero-order valence-corrected chi connectivity index (χ0v) is 25.7. The number of nitrogens with zero attached hydrogens (tertiary/aromatic N) is 7. The van der Waals surface area contributed by atoms with Gasteiger partial charge in [0, 0.05) is 56.9 Å². The van der Waals surface area contributed by atoms with Crippen LogP contribution in [-0.4, -0.2) is 110 Å². The molecule has 9 nitrogen and oxygen atoms in total. The SMILES string of the molecule is CN(C)C/C=C/C(=O)N1CCN(c2nc(OCC3CCCN3C)nc3c2CCN(c2cccc(Cl)c2C(F)(F)F)C3)CC1. The van der Waals surface area contributed by atoms with Crippen LogP contribution in [0.25, 0.3) is 0 Å². The van der Waals surface area contributed by atoms with Crippen molar-refractivity contribution in [2.45, 2.75) is 38.0 Å². The highest BCUT2D eigenvalue weighted by molar-refractivity contribution is 6.31. The normalized spacial score (nSPS) is 19.9. The van der Waals surface area contributed by atoms with Gasteiger partial charge < -0.3 is 29.2 Å². The Kier molecular flexibility index (Phi) is 9.67. The number of carbonyl (C=O) groups excluding carboxylic acids is 1. The minimum absolute atomic E-state index is 0.0199. The van der Waals surface area contributed by atoms with Crippen molar-refractivity contribution in [3.8, 4) is 6.01 Å². The summed E-state index contributed by atoms with van der Waals surface area (Å²) in [5.41, 5.74) is 0.748. The number of likely N-dealkylation sites (N-methyl/N-ethyl adjacent to an activating group) is 2. The van der Waals surface area contributed by atoms with Crippen LogP contribution >= 0.6 is 11.6 Å². The number of amides is 1. The second-order valence-corrected chi connectivity index (χ2v) is 12.0. The summed E-state index contributed by atoms with van der Waals surface area (Å²) in [7, 11) is 5.96. The van der Waals surface area contributed by atoms with E-state index in [1.54, 1.807) is 11.0 Å². The van der Waals surface area contributed by atoms with E-state index in [4.69, 9.17) is 26.3 Å². The van der Waals surface area contributed by atoms with Gasteiger partial charge in [0.2, 0.25) is 5.91 Å². The molecule has 3 aliphatic rings. The molecule has 5 rings (SSSR count). The maximum Gasteiger partial charge on any atom is 0.419 e. The molecule has 3 aliphatic heterocycles. The van der Waals surface area contributed by atoms with Gasteiger partial charge in [0.15, 0.2) is 0 Å². The molecule has 0 radical (unpaired) electrons. The Hall–Kier alpha value is -3.09. The topological polar surface area (TPSA) is 68.3 Å². The zero-order chi connectivity index (χ0) is 30.7. The van der Waals surface area contributed by atoms with E-state index in [9.17, 15) is 18.0 Å². The first-order valence-corrected chi connectivity index (χ1v) is 15.1. The second-order valence-electron chi connectivity index (χ2n) is 11.6. The number of alkyl halides is 3. The standard InChI is InChI=1S/C30H39ClF3N7O2/c1-37(2)12-6-10-26(42)39-15-17-40(18-16-39)28-22-11-14-41(25-9-4-8-23(31)27(25)30(32,33)34)19-24(22)35-29(36-28)43-20-21-7-5-13-38(21)3/h4,6,8-10,21H,5,7,11-20H2,1-3H3/b10-6+. The predicted molar refractivity (Wildman–Crippen MR) is 161 cm³/mol. The lowest BCUT2D eigenvalue weighted by Gasteiger charge is -2.38. The van der Waals surface area contributed by atoms with Gasteiger partial charge >= 0.3 is 12.2 Å². The van der Waals surface area contributed by atoms with E-state index in [0.717, 1.165) is 30.8 Å². The Balaban J connectivity index is 1.39. The van der Waals surface area contributed by atoms with E-state index >= 15 is 0 Å². The van der Waals surface area contributed by atoms with Crippen molar-refractivity contribution in [3.63, 3.8) is 0 Å². The molecule has 0 bridgehead atoms. The third kappa shape index (κ3) is 7.35. The molecule has 1 aromatic carbocycles. The molecule has 4 heterocycles. The molecule has 0 spiro atoms. The van der Waals surface area contributed by atoms with E-state index < -0.39 is 11.7 Å². The number of carbonyl (C=O) groups is 1. The summed E-state index contributed by atoms with van der Waals surface area (Å²) >= 11 is 6.04.